The number of amides is 1. The molecule has 0 bridgehead atoms. The van der Waals surface area contributed by atoms with Gasteiger partial charge in [0.2, 0.25) is 0 Å². The summed E-state index contributed by atoms with van der Waals surface area (Å²) in [6, 6.07) is 6.36. The highest BCUT2D eigenvalue weighted by Gasteiger charge is 2.11. The van der Waals surface area contributed by atoms with E-state index in [1.54, 1.807) is 18.2 Å². The van der Waals surface area contributed by atoms with Crippen molar-refractivity contribution in [2.75, 3.05) is 18.5 Å². The molecule has 0 unspecified atom stereocenters. The fourth-order valence-corrected chi connectivity index (χ4v) is 1.51. The van der Waals surface area contributed by atoms with E-state index in [9.17, 15) is 4.79 Å². The summed E-state index contributed by atoms with van der Waals surface area (Å²) in [4.78, 5) is 11.8. The largest absolute Gasteiger partial charge is 0.395 e. The molecule has 0 radical (unpaired) electrons. The molecule has 0 fully saturated rings. The predicted octanol–water partition coefficient (Wildman–Crippen LogP) is 1.92. The van der Waals surface area contributed by atoms with Gasteiger partial charge in [0.05, 0.1) is 17.3 Å². The first-order valence-electron chi connectivity index (χ1n) is 5.29. The van der Waals surface area contributed by atoms with Gasteiger partial charge in [-0.15, -0.1) is 0 Å². The Kier molecular flexibility index (Phi) is 6.16. The summed E-state index contributed by atoms with van der Waals surface area (Å²) < 4.78 is 0. The van der Waals surface area contributed by atoms with Crippen LogP contribution in [-0.4, -0.2) is 24.2 Å². The number of carbonyl (C=O) groups excluding carboxylic acids is 1. The van der Waals surface area contributed by atoms with Gasteiger partial charge in [-0.2, -0.15) is 5.26 Å². The lowest BCUT2D eigenvalue weighted by Crippen LogP contribution is -2.18. The van der Waals surface area contributed by atoms with Gasteiger partial charge in [-0.3, -0.25) is 4.79 Å². The Morgan fingerprint density at radius 3 is 2.84 bits per heavy atom. The normalized spacial score (nSPS) is 10.7. The quantitative estimate of drug-likeness (QED) is 0.440. The number of hydrogen-bond acceptors (Lipinski definition) is 4. The van der Waals surface area contributed by atoms with Crippen LogP contribution in [-0.2, 0) is 4.79 Å². The lowest BCUT2D eigenvalue weighted by atomic mass is 10.2. The summed E-state index contributed by atoms with van der Waals surface area (Å²) in [6.07, 6.45) is 1.23. The Labute approximate surface area is 120 Å². The number of anilines is 1. The molecular formula is C12H11Cl2N3O2. The van der Waals surface area contributed by atoms with Crippen molar-refractivity contribution < 1.29 is 9.90 Å². The van der Waals surface area contributed by atoms with Crippen LogP contribution in [0.4, 0.5) is 5.69 Å². The monoisotopic (exact) mass is 299 g/mol. The predicted molar refractivity (Wildman–Crippen MR) is 73.9 cm³/mol. The summed E-state index contributed by atoms with van der Waals surface area (Å²) in [6.45, 7) is 0.146. The molecule has 0 aromatic heterocycles. The van der Waals surface area contributed by atoms with E-state index < -0.39 is 5.91 Å². The molecule has 5 nitrogen and oxygen atoms in total. The van der Waals surface area contributed by atoms with Crippen LogP contribution in [0.25, 0.3) is 0 Å². The van der Waals surface area contributed by atoms with Gasteiger partial charge in [0.1, 0.15) is 11.6 Å². The molecule has 0 aliphatic heterocycles. The van der Waals surface area contributed by atoms with E-state index >= 15 is 0 Å². The van der Waals surface area contributed by atoms with Crippen molar-refractivity contribution in [3.05, 3.63) is 40.0 Å². The standard InChI is InChI=1S/C12H11Cl2N3O2/c13-9-1-2-10(14)11(5-9)17-12(19)8(6-15)7-16-3-4-18/h1-2,5,7,16,18H,3-4H2,(H,17,19)/b8-7-. The second-order valence-electron chi connectivity index (χ2n) is 3.43. The maximum absolute atomic E-state index is 11.8. The first kappa shape index (κ1) is 15.3. The third kappa shape index (κ3) is 4.79. The van der Waals surface area contributed by atoms with Crippen LogP contribution in [0, 0.1) is 11.3 Å². The van der Waals surface area contributed by atoms with E-state index in [1.807, 2.05) is 0 Å². The molecular weight excluding hydrogens is 289 g/mol. The molecule has 0 atom stereocenters. The van der Waals surface area contributed by atoms with Crippen molar-refractivity contribution >= 4 is 34.8 Å². The molecule has 19 heavy (non-hydrogen) atoms. The molecule has 0 aliphatic rings. The van der Waals surface area contributed by atoms with Crippen LogP contribution in [0.3, 0.4) is 0 Å². The zero-order chi connectivity index (χ0) is 14.3. The van der Waals surface area contributed by atoms with Gasteiger partial charge in [0.15, 0.2) is 0 Å². The minimum absolute atomic E-state index is 0.100. The summed E-state index contributed by atoms with van der Waals surface area (Å²) in [7, 11) is 0. The number of carbonyl (C=O) groups is 1. The van der Waals surface area contributed by atoms with Crippen LogP contribution < -0.4 is 10.6 Å². The molecule has 1 aromatic carbocycles. The van der Waals surface area contributed by atoms with Gasteiger partial charge < -0.3 is 15.7 Å². The average molecular weight is 300 g/mol. The van der Waals surface area contributed by atoms with Crippen molar-refractivity contribution in [1.82, 2.24) is 5.32 Å². The Balaban J connectivity index is 2.80. The van der Waals surface area contributed by atoms with E-state index in [0.717, 1.165) is 0 Å². The van der Waals surface area contributed by atoms with Gasteiger partial charge in [-0.1, -0.05) is 23.2 Å². The number of halogens is 2. The number of nitrogens with one attached hydrogen (secondary N) is 2. The number of aliphatic hydroxyl groups excluding tert-OH is 1. The second kappa shape index (κ2) is 7.64. The van der Waals surface area contributed by atoms with Crippen molar-refractivity contribution in [1.29, 1.82) is 5.26 Å². The first-order chi connectivity index (χ1) is 9.08. The summed E-state index contributed by atoms with van der Waals surface area (Å²) in [5.41, 5.74) is 0.187. The zero-order valence-corrected chi connectivity index (χ0v) is 11.3. The molecule has 0 saturated heterocycles. The molecule has 0 spiro atoms. The van der Waals surface area contributed by atoms with Crippen LogP contribution in [0.15, 0.2) is 30.0 Å². The fourth-order valence-electron chi connectivity index (χ4n) is 1.17. The van der Waals surface area contributed by atoms with E-state index in [-0.39, 0.29) is 18.7 Å². The number of rotatable bonds is 5. The number of benzene rings is 1. The Bertz CT molecular complexity index is 538. The number of hydrogen-bond donors (Lipinski definition) is 3. The zero-order valence-electron chi connectivity index (χ0n) is 9.78. The molecule has 3 N–H and O–H groups in total. The number of aliphatic hydroxyl groups is 1. The summed E-state index contributed by atoms with van der Waals surface area (Å²) in [5, 5.41) is 23.3. The SMILES string of the molecule is N#C/C(=C/NCCO)C(=O)Nc1cc(Cl)ccc1Cl. The molecule has 1 amide bonds. The van der Waals surface area contributed by atoms with E-state index in [0.29, 0.717) is 15.7 Å². The van der Waals surface area contributed by atoms with Crippen molar-refractivity contribution in [2.45, 2.75) is 0 Å². The molecule has 7 heteroatoms. The van der Waals surface area contributed by atoms with Gasteiger partial charge in [-0.05, 0) is 18.2 Å². The average Bonchev–Trinajstić information content (AvgIpc) is 2.39. The van der Waals surface area contributed by atoms with Crippen molar-refractivity contribution in [3.63, 3.8) is 0 Å². The van der Waals surface area contributed by atoms with Crippen LogP contribution >= 0.6 is 23.2 Å². The van der Waals surface area contributed by atoms with Crippen LogP contribution in [0.2, 0.25) is 10.0 Å². The fraction of sp³-hybridized carbons (Fsp3) is 0.167. The lowest BCUT2D eigenvalue weighted by molar-refractivity contribution is -0.112. The second-order valence-corrected chi connectivity index (χ2v) is 4.27. The van der Waals surface area contributed by atoms with Crippen molar-refractivity contribution in [2.24, 2.45) is 0 Å². The number of nitrogens with zero attached hydrogens (tertiary/aromatic N) is 1. The van der Waals surface area contributed by atoms with Crippen molar-refractivity contribution in [3.8, 4) is 6.07 Å². The van der Waals surface area contributed by atoms with Crippen LogP contribution in [0.1, 0.15) is 0 Å². The molecule has 1 rings (SSSR count). The smallest absolute Gasteiger partial charge is 0.267 e. The topological polar surface area (TPSA) is 85.2 Å². The van der Waals surface area contributed by atoms with Gasteiger partial charge in [-0.25, -0.2) is 0 Å². The maximum Gasteiger partial charge on any atom is 0.267 e. The third-order valence-electron chi connectivity index (χ3n) is 2.04. The highest BCUT2D eigenvalue weighted by Crippen LogP contribution is 2.25. The first-order valence-corrected chi connectivity index (χ1v) is 6.05. The van der Waals surface area contributed by atoms with Gasteiger partial charge in [0, 0.05) is 17.8 Å². The summed E-state index contributed by atoms with van der Waals surface area (Å²) >= 11 is 11.7. The minimum atomic E-state index is -0.614. The third-order valence-corrected chi connectivity index (χ3v) is 2.61. The highest BCUT2D eigenvalue weighted by atomic mass is 35.5. The van der Waals surface area contributed by atoms with E-state index in [1.165, 1.54) is 12.3 Å². The van der Waals surface area contributed by atoms with Crippen LogP contribution in [0.5, 0.6) is 0 Å². The summed E-state index contributed by atoms with van der Waals surface area (Å²) in [5.74, 6) is -0.614. The highest BCUT2D eigenvalue weighted by molar-refractivity contribution is 6.35. The number of nitriles is 1. The Morgan fingerprint density at radius 1 is 1.47 bits per heavy atom. The Morgan fingerprint density at radius 2 is 2.21 bits per heavy atom. The molecule has 0 aliphatic carbocycles. The van der Waals surface area contributed by atoms with Gasteiger partial charge in [0.25, 0.3) is 5.91 Å². The van der Waals surface area contributed by atoms with E-state index in [2.05, 4.69) is 10.6 Å². The van der Waals surface area contributed by atoms with E-state index in [4.69, 9.17) is 33.6 Å². The lowest BCUT2D eigenvalue weighted by Gasteiger charge is -2.07. The van der Waals surface area contributed by atoms with Gasteiger partial charge >= 0.3 is 0 Å². The molecule has 100 valence electrons. The Hall–Kier alpha value is -1.74. The molecule has 0 saturated carbocycles. The molecule has 0 heterocycles. The maximum atomic E-state index is 11.8. The molecule has 1 aromatic rings. The minimum Gasteiger partial charge on any atom is -0.395 e.